The molecule has 0 aliphatic carbocycles. The van der Waals surface area contributed by atoms with Crippen LogP contribution in [0.3, 0.4) is 0 Å². The summed E-state index contributed by atoms with van der Waals surface area (Å²) >= 11 is 0. The zero-order chi connectivity index (χ0) is 19.4. The van der Waals surface area contributed by atoms with Crippen LogP contribution in [-0.4, -0.2) is 36.2 Å². The minimum Gasteiger partial charge on any atom is -0.504 e. The van der Waals surface area contributed by atoms with Crippen LogP contribution in [0.25, 0.3) is 0 Å². The maximum Gasteiger partial charge on any atom is 0.337 e. The van der Waals surface area contributed by atoms with E-state index in [0.717, 1.165) is 12.1 Å². The van der Waals surface area contributed by atoms with Crippen molar-refractivity contribution in [2.45, 2.75) is 25.8 Å². The zero-order valence-corrected chi connectivity index (χ0v) is 14.5. The number of phenolic OH excluding ortho intramolecular Hbond substituents is 1. The Hall–Kier alpha value is -3.30. The second kappa shape index (κ2) is 7.72. The molecule has 1 aromatic carbocycles. The summed E-state index contributed by atoms with van der Waals surface area (Å²) in [4.78, 5) is 35.1. The van der Waals surface area contributed by atoms with Crippen molar-refractivity contribution in [3.8, 4) is 11.5 Å². The van der Waals surface area contributed by atoms with E-state index in [1.54, 1.807) is 0 Å². The van der Waals surface area contributed by atoms with Crippen LogP contribution in [0.2, 0.25) is 0 Å². The normalized spacial score (nSPS) is 16.6. The molecule has 1 aliphatic rings. The molecule has 0 saturated heterocycles. The number of nitrogens with one attached hydrogen (secondary N) is 2. The van der Waals surface area contributed by atoms with E-state index in [4.69, 9.17) is 9.47 Å². The lowest BCUT2D eigenvalue weighted by Gasteiger charge is -2.29. The molecule has 10 heteroatoms. The Morgan fingerprint density at radius 1 is 1.38 bits per heavy atom. The minimum atomic E-state index is -1.16. The number of nitro benzene ring substituents is 1. The molecule has 0 fully saturated rings. The van der Waals surface area contributed by atoms with Gasteiger partial charge in [0, 0.05) is 5.70 Å². The van der Waals surface area contributed by atoms with Crippen molar-refractivity contribution in [3.05, 3.63) is 39.1 Å². The highest BCUT2D eigenvalue weighted by Crippen LogP contribution is 2.40. The Bertz CT molecular complexity index is 788. The molecule has 1 aliphatic heterocycles. The fourth-order valence-corrected chi connectivity index (χ4v) is 2.78. The number of urea groups is 1. The number of methoxy groups -OCH3 is 2. The van der Waals surface area contributed by atoms with Gasteiger partial charge >= 0.3 is 12.0 Å². The van der Waals surface area contributed by atoms with Crippen LogP contribution in [0, 0.1) is 10.1 Å². The molecule has 0 radical (unpaired) electrons. The van der Waals surface area contributed by atoms with Crippen molar-refractivity contribution >= 4 is 17.7 Å². The number of hydrogen-bond acceptors (Lipinski definition) is 7. The number of esters is 1. The third kappa shape index (κ3) is 3.53. The maximum atomic E-state index is 12.3. The number of amides is 2. The van der Waals surface area contributed by atoms with E-state index in [-0.39, 0.29) is 22.6 Å². The van der Waals surface area contributed by atoms with Crippen LogP contribution >= 0.6 is 0 Å². The number of nitro groups is 1. The van der Waals surface area contributed by atoms with Gasteiger partial charge in [-0.15, -0.1) is 0 Å². The Labute approximate surface area is 148 Å². The van der Waals surface area contributed by atoms with Crippen LogP contribution in [-0.2, 0) is 9.53 Å². The third-order valence-electron chi connectivity index (χ3n) is 3.89. The SMILES string of the molecule is CCCC1=C(C(=O)OC)C(c2cc(O)c(OC)cc2[N+](=O)[O-])NC(=O)N1. The summed E-state index contributed by atoms with van der Waals surface area (Å²) in [6, 6.07) is 0.359. The van der Waals surface area contributed by atoms with Crippen LogP contribution in [0.5, 0.6) is 11.5 Å². The zero-order valence-electron chi connectivity index (χ0n) is 14.5. The molecule has 0 saturated carbocycles. The van der Waals surface area contributed by atoms with Crippen molar-refractivity contribution in [3.63, 3.8) is 0 Å². The van der Waals surface area contributed by atoms with Gasteiger partial charge in [-0.3, -0.25) is 10.1 Å². The minimum absolute atomic E-state index is 0.0432. The molecule has 1 unspecified atom stereocenters. The standard InChI is InChI=1S/C16H19N3O7/c1-4-5-9-13(15(21)26-3)14(18-16(22)17-9)8-6-11(20)12(25-2)7-10(8)19(23)24/h6-7,14,20H,4-5H2,1-3H3,(H2,17,18,22). The number of carbonyl (C=O) groups excluding carboxylic acids is 2. The van der Waals surface area contributed by atoms with Gasteiger partial charge in [-0.25, -0.2) is 9.59 Å². The van der Waals surface area contributed by atoms with E-state index < -0.39 is 28.7 Å². The molecule has 10 nitrogen and oxygen atoms in total. The topological polar surface area (TPSA) is 140 Å². The molecular formula is C16H19N3O7. The third-order valence-corrected chi connectivity index (χ3v) is 3.89. The number of benzene rings is 1. The Morgan fingerprint density at radius 3 is 2.62 bits per heavy atom. The quantitative estimate of drug-likeness (QED) is 0.397. The number of rotatable bonds is 6. The van der Waals surface area contributed by atoms with Crippen molar-refractivity contribution in [2.75, 3.05) is 14.2 Å². The second-order valence-electron chi connectivity index (χ2n) is 5.51. The molecule has 0 spiro atoms. The maximum absolute atomic E-state index is 12.3. The first kappa shape index (κ1) is 19.0. The summed E-state index contributed by atoms with van der Waals surface area (Å²) in [6.07, 6.45) is 0.989. The summed E-state index contributed by atoms with van der Waals surface area (Å²) in [7, 11) is 2.43. The van der Waals surface area contributed by atoms with Gasteiger partial charge in [0.05, 0.1) is 42.4 Å². The fourth-order valence-electron chi connectivity index (χ4n) is 2.78. The fraction of sp³-hybridized carbons (Fsp3) is 0.375. The van der Waals surface area contributed by atoms with Crippen molar-refractivity contribution < 1.29 is 29.1 Å². The van der Waals surface area contributed by atoms with Crippen LogP contribution in [0.1, 0.15) is 31.4 Å². The number of allylic oxidation sites excluding steroid dienone is 1. The number of phenols is 1. The van der Waals surface area contributed by atoms with Crippen LogP contribution in [0.15, 0.2) is 23.4 Å². The molecule has 1 atom stereocenters. The van der Waals surface area contributed by atoms with Gasteiger partial charge in [0.25, 0.3) is 5.69 Å². The van der Waals surface area contributed by atoms with Crippen molar-refractivity contribution in [1.82, 2.24) is 10.6 Å². The molecule has 3 N–H and O–H groups in total. The smallest absolute Gasteiger partial charge is 0.337 e. The average molecular weight is 365 g/mol. The van der Waals surface area contributed by atoms with Gasteiger partial charge in [0.15, 0.2) is 11.5 Å². The van der Waals surface area contributed by atoms with E-state index in [1.165, 1.54) is 14.2 Å². The second-order valence-corrected chi connectivity index (χ2v) is 5.51. The summed E-state index contributed by atoms with van der Waals surface area (Å²) in [5, 5.41) is 26.5. The van der Waals surface area contributed by atoms with Gasteiger partial charge in [-0.1, -0.05) is 13.3 Å². The van der Waals surface area contributed by atoms with Crippen molar-refractivity contribution in [2.24, 2.45) is 0 Å². The largest absolute Gasteiger partial charge is 0.504 e. The predicted molar refractivity (Wildman–Crippen MR) is 89.7 cm³/mol. The first-order valence-electron chi connectivity index (χ1n) is 7.78. The molecular weight excluding hydrogens is 346 g/mol. The van der Waals surface area contributed by atoms with Crippen molar-refractivity contribution in [1.29, 1.82) is 0 Å². The van der Waals surface area contributed by atoms with Gasteiger partial charge in [-0.05, 0) is 12.5 Å². The first-order valence-corrected chi connectivity index (χ1v) is 7.78. The summed E-state index contributed by atoms with van der Waals surface area (Å²) < 4.78 is 9.68. The lowest BCUT2D eigenvalue weighted by molar-refractivity contribution is -0.385. The van der Waals surface area contributed by atoms with Crippen LogP contribution < -0.4 is 15.4 Å². The first-order chi connectivity index (χ1) is 12.3. The Balaban J connectivity index is 2.72. The molecule has 26 heavy (non-hydrogen) atoms. The molecule has 0 bridgehead atoms. The predicted octanol–water partition coefficient (Wildman–Crippen LogP) is 1.89. The van der Waals surface area contributed by atoms with Gasteiger partial charge in [0.2, 0.25) is 0 Å². The number of carbonyl (C=O) groups is 2. The number of nitrogens with zero attached hydrogens (tertiary/aromatic N) is 1. The summed E-state index contributed by atoms with van der Waals surface area (Å²) in [6.45, 7) is 1.85. The monoisotopic (exact) mass is 365 g/mol. The number of aromatic hydroxyl groups is 1. The molecule has 2 amide bonds. The molecule has 140 valence electrons. The highest BCUT2D eigenvalue weighted by atomic mass is 16.6. The molecule has 0 aromatic heterocycles. The van der Waals surface area contributed by atoms with Crippen LogP contribution in [0.4, 0.5) is 10.5 Å². The van der Waals surface area contributed by atoms with Gasteiger partial charge in [0.1, 0.15) is 0 Å². The van der Waals surface area contributed by atoms with E-state index in [1.807, 2.05) is 6.92 Å². The molecule has 1 heterocycles. The number of hydrogen-bond donors (Lipinski definition) is 3. The summed E-state index contributed by atoms with van der Waals surface area (Å²) in [5.41, 5.74) is -0.111. The van der Waals surface area contributed by atoms with Gasteiger partial charge < -0.3 is 25.2 Å². The lowest BCUT2D eigenvalue weighted by atomic mass is 9.92. The Kier molecular flexibility index (Phi) is 5.65. The summed E-state index contributed by atoms with van der Waals surface area (Å²) in [5.74, 6) is -1.20. The van der Waals surface area contributed by atoms with E-state index in [0.29, 0.717) is 18.5 Å². The van der Waals surface area contributed by atoms with E-state index >= 15 is 0 Å². The van der Waals surface area contributed by atoms with Gasteiger partial charge in [-0.2, -0.15) is 0 Å². The highest BCUT2D eigenvalue weighted by molar-refractivity contribution is 5.95. The van der Waals surface area contributed by atoms with E-state index in [9.17, 15) is 24.8 Å². The average Bonchev–Trinajstić information content (AvgIpc) is 2.60. The molecule has 1 aromatic rings. The highest BCUT2D eigenvalue weighted by Gasteiger charge is 2.37. The lowest BCUT2D eigenvalue weighted by Crippen LogP contribution is -2.46. The molecule has 2 rings (SSSR count). The number of ether oxygens (including phenoxy) is 2. The Morgan fingerprint density at radius 2 is 2.08 bits per heavy atom. The van der Waals surface area contributed by atoms with E-state index in [2.05, 4.69) is 10.6 Å².